The fraction of sp³-hybridized carbons (Fsp3) is 0.308. The van der Waals surface area contributed by atoms with Crippen LogP contribution < -0.4 is 0 Å². The summed E-state index contributed by atoms with van der Waals surface area (Å²) in [7, 11) is 0. The zero-order valence-electron chi connectivity index (χ0n) is 19.2. The number of aliphatic hydroxyl groups excluding tert-OH is 1. The molecule has 1 saturated heterocycles. The van der Waals surface area contributed by atoms with Gasteiger partial charge in [-0.1, -0.05) is 24.3 Å². The summed E-state index contributed by atoms with van der Waals surface area (Å²) in [5.74, 6) is -0.492. The Hall–Kier alpha value is -3.66. The number of amides is 2. The number of nitro benzene ring substituents is 1. The molecular weight excluding hydrogens is 448 g/mol. The number of piperazine rings is 1. The van der Waals surface area contributed by atoms with E-state index in [0.29, 0.717) is 36.3 Å². The predicted molar refractivity (Wildman–Crippen MR) is 130 cm³/mol. The van der Waals surface area contributed by atoms with Crippen LogP contribution in [0.3, 0.4) is 0 Å². The number of β-amino-alcohol motifs (C(OH)–C–C–N with tert-alkyl or cyclic N) is 1. The van der Waals surface area contributed by atoms with E-state index in [9.17, 15) is 24.8 Å². The molecule has 0 saturated carbocycles. The molecule has 0 aromatic heterocycles. The van der Waals surface area contributed by atoms with Crippen molar-refractivity contribution in [3.05, 3.63) is 87.5 Å². The van der Waals surface area contributed by atoms with Crippen molar-refractivity contribution in [2.45, 2.75) is 6.10 Å². The first-order valence-corrected chi connectivity index (χ1v) is 11.7. The SMILES string of the molecule is O=C1c2cccc3cccc(c23)C(=O)N1CCN1CCN(CC(O)c2ccc([N+](=O)[O-])cc2)CC1. The number of imide groups is 1. The molecule has 1 atom stereocenters. The van der Waals surface area contributed by atoms with Gasteiger partial charge in [-0.25, -0.2) is 0 Å². The average Bonchev–Trinajstić information content (AvgIpc) is 2.88. The zero-order valence-corrected chi connectivity index (χ0v) is 19.2. The number of nitrogens with zero attached hydrogens (tertiary/aromatic N) is 4. The Morgan fingerprint density at radius 3 is 1.97 bits per heavy atom. The van der Waals surface area contributed by atoms with Gasteiger partial charge in [0.1, 0.15) is 0 Å². The summed E-state index contributed by atoms with van der Waals surface area (Å²) in [6, 6.07) is 17.1. The summed E-state index contributed by atoms with van der Waals surface area (Å²) < 4.78 is 0. The van der Waals surface area contributed by atoms with Crippen LogP contribution in [0.15, 0.2) is 60.7 Å². The maximum atomic E-state index is 13.1. The van der Waals surface area contributed by atoms with E-state index in [0.717, 1.165) is 37.0 Å². The van der Waals surface area contributed by atoms with Gasteiger partial charge in [0.2, 0.25) is 0 Å². The molecule has 0 bridgehead atoms. The van der Waals surface area contributed by atoms with Gasteiger partial charge >= 0.3 is 0 Å². The van der Waals surface area contributed by atoms with E-state index < -0.39 is 11.0 Å². The van der Waals surface area contributed by atoms with Crippen LogP contribution in [0.1, 0.15) is 32.4 Å². The quantitative estimate of drug-likeness (QED) is 0.319. The minimum Gasteiger partial charge on any atom is -0.387 e. The van der Waals surface area contributed by atoms with Crippen molar-refractivity contribution in [2.24, 2.45) is 0 Å². The minimum atomic E-state index is -0.728. The lowest BCUT2D eigenvalue weighted by atomic mass is 9.94. The molecule has 35 heavy (non-hydrogen) atoms. The third-order valence-electron chi connectivity index (χ3n) is 6.88. The first-order valence-electron chi connectivity index (χ1n) is 11.7. The summed E-state index contributed by atoms with van der Waals surface area (Å²) in [6.07, 6.45) is -0.728. The number of non-ortho nitro benzene ring substituents is 1. The fourth-order valence-electron chi connectivity index (χ4n) is 4.89. The van der Waals surface area contributed by atoms with Crippen LogP contribution in [0, 0.1) is 10.1 Å². The van der Waals surface area contributed by atoms with E-state index in [-0.39, 0.29) is 17.5 Å². The lowest BCUT2D eigenvalue weighted by Crippen LogP contribution is -2.50. The number of carbonyl (C=O) groups is 2. The van der Waals surface area contributed by atoms with E-state index in [1.165, 1.54) is 17.0 Å². The van der Waals surface area contributed by atoms with E-state index in [2.05, 4.69) is 9.80 Å². The fourth-order valence-corrected chi connectivity index (χ4v) is 4.89. The molecule has 1 fully saturated rings. The number of aliphatic hydroxyl groups is 1. The van der Waals surface area contributed by atoms with Crippen molar-refractivity contribution in [1.29, 1.82) is 0 Å². The van der Waals surface area contributed by atoms with Crippen molar-refractivity contribution in [3.8, 4) is 0 Å². The smallest absolute Gasteiger partial charge is 0.269 e. The molecule has 1 N–H and O–H groups in total. The van der Waals surface area contributed by atoms with Gasteiger partial charge in [-0.3, -0.25) is 34.4 Å². The van der Waals surface area contributed by atoms with Gasteiger partial charge < -0.3 is 5.11 Å². The van der Waals surface area contributed by atoms with Crippen LogP contribution >= 0.6 is 0 Å². The molecule has 2 aliphatic heterocycles. The van der Waals surface area contributed by atoms with Crippen LogP contribution in [0.25, 0.3) is 10.8 Å². The third kappa shape index (κ3) is 4.53. The first kappa shape index (κ1) is 23.1. The Morgan fingerprint density at radius 1 is 0.829 bits per heavy atom. The maximum Gasteiger partial charge on any atom is 0.269 e. The van der Waals surface area contributed by atoms with Gasteiger partial charge in [0, 0.05) is 74.5 Å². The number of benzene rings is 3. The molecule has 2 heterocycles. The Labute approximate surface area is 202 Å². The normalized spacial score (nSPS) is 17.7. The highest BCUT2D eigenvalue weighted by Crippen LogP contribution is 2.30. The summed E-state index contributed by atoms with van der Waals surface area (Å²) in [5, 5.41) is 23.0. The Kier molecular flexibility index (Phi) is 6.29. The first-order chi connectivity index (χ1) is 16.9. The van der Waals surface area contributed by atoms with E-state index in [1.807, 2.05) is 24.3 Å². The van der Waals surface area contributed by atoms with Crippen molar-refractivity contribution in [2.75, 3.05) is 45.8 Å². The molecular formula is C26H26N4O5. The summed E-state index contributed by atoms with van der Waals surface area (Å²) in [6.45, 7) is 4.37. The molecule has 1 unspecified atom stereocenters. The van der Waals surface area contributed by atoms with Crippen molar-refractivity contribution < 1.29 is 19.6 Å². The molecule has 2 amide bonds. The molecule has 9 nitrogen and oxygen atoms in total. The van der Waals surface area contributed by atoms with Gasteiger partial charge in [0.25, 0.3) is 17.5 Å². The minimum absolute atomic E-state index is 0.000374. The second-order valence-corrected chi connectivity index (χ2v) is 8.98. The largest absolute Gasteiger partial charge is 0.387 e. The van der Waals surface area contributed by atoms with Crippen LogP contribution in [0.2, 0.25) is 0 Å². The zero-order chi connectivity index (χ0) is 24.5. The standard InChI is InChI=1S/C26H26N4O5/c31-23(18-7-9-20(10-8-18)30(34)35)17-28-13-11-27(12-14-28)15-16-29-25(32)21-5-1-3-19-4-2-6-22(24(19)21)26(29)33/h1-10,23,31H,11-17H2. The van der Waals surface area contributed by atoms with Gasteiger partial charge in [0.15, 0.2) is 0 Å². The van der Waals surface area contributed by atoms with Crippen molar-refractivity contribution >= 4 is 28.3 Å². The molecule has 9 heteroatoms. The number of hydrogen-bond donors (Lipinski definition) is 1. The Bertz CT molecular complexity index is 1230. The molecule has 2 aliphatic rings. The highest BCUT2D eigenvalue weighted by molar-refractivity contribution is 6.25. The van der Waals surface area contributed by atoms with Crippen molar-refractivity contribution in [1.82, 2.24) is 14.7 Å². The molecule has 3 aromatic carbocycles. The highest BCUT2D eigenvalue weighted by Gasteiger charge is 2.33. The van der Waals surface area contributed by atoms with Crippen LogP contribution in [-0.4, -0.2) is 82.4 Å². The average molecular weight is 475 g/mol. The maximum absolute atomic E-state index is 13.1. The summed E-state index contributed by atoms with van der Waals surface area (Å²) in [5.41, 5.74) is 1.79. The second kappa shape index (κ2) is 9.53. The Morgan fingerprint density at radius 2 is 1.40 bits per heavy atom. The third-order valence-corrected chi connectivity index (χ3v) is 6.88. The topological polar surface area (TPSA) is 107 Å². The Balaban J connectivity index is 1.15. The van der Waals surface area contributed by atoms with Gasteiger partial charge in [-0.15, -0.1) is 0 Å². The monoisotopic (exact) mass is 474 g/mol. The number of hydrogen-bond acceptors (Lipinski definition) is 7. The van der Waals surface area contributed by atoms with Gasteiger partial charge in [-0.05, 0) is 35.2 Å². The van der Waals surface area contributed by atoms with E-state index >= 15 is 0 Å². The molecule has 180 valence electrons. The number of carbonyl (C=O) groups excluding carboxylic acids is 2. The molecule has 5 rings (SSSR count). The number of nitro groups is 1. The van der Waals surface area contributed by atoms with E-state index in [1.54, 1.807) is 24.3 Å². The van der Waals surface area contributed by atoms with Gasteiger partial charge in [-0.2, -0.15) is 0 Å². The number of rotatable bonds is 7. The molecule has 0 aliphatic carbocycles. The highest BCUT2D eigenvalue weighted by atomic mass is 16.6. The predicted octanol–water partition coefficient (Wildman–Crippen LogP) is 2.70. The molecule has 0 spiro atoms. The summed E-state index contributed by atoms with van der Waals surface area (Å²) in [4.78, 5) is 42.2. The second-order valence-electron chi connectivity index (χ2n) is 8.98. The molecule has 3 aromatic rings. The molecule has 0 radical (unpaired) electrons. The lowest BCUT2D eigenvalue weighted by molar-refractivity contribution is -0.384. The van der Waals surface area contributed by atoms with Gasteiger partial charge in [0.05, 0.1) is 11.0 Å². The van der Waals surface area contributed by atoms with Crippen molar-refractivity contribution in [3.63, 3.8) is 0 Å². The van der Waals surface area contributed by atoms with Crippen LogP contribution in [-0.2, 0) is 0 Å². The summed E-state index contributed by atoms with van der Waals surface area (Å²) >= 11 is 0. The van der Waals surface area contributed by atoms with Crippen LogP contribution in [0.4, 0.5) is 5.69 Å². The lowest BCUT2D eigenvalue weighted by Gasteiger charge is -2.36. The van der Waals surface area contributed by atoms with Crippen LogP contribution in [0.5, 0.6) is 0 Å². The van der Waals surface area contributed by atoms with E-state index in [4.69, 9.17) is 0 Å².